The molecule has 1 N–H and O–H groups in total. The predicted octanol–water partition coefficient (Wildman–Crippen LogP) is 3.86. The molecule has 0 amide bonds. The summed E-state index contributed by atoms with van der Waals surface area (Å²) in [5.74, 6) is -0.483. The van der Waals surface area contributed by atoms with Gasteiger partial charge in [0.25, 0.3) is 11.2 Å². The molecule has 0 aliphatic heterocycles. The second-order valence-corrected chi connectivity index (χ2v) is 9.22. The summed E-state index contributed by atoms with van der Waals surface area (Å²) in [7, 11) is -4.02. The molecule has 8 nitrogen and oxygen atoms in total. The van der Waals surface area contributed by atoms with Gasteiger partial charge in [-0.2, -0.15) is 0 Å². The van der Waals surface area contributed by atoms with Crippen LogP contribution in [0, 0.1) is 17.0 Å². The molecule has 0 fully saturated rings. The first-order chi connectivity index (χ1) is 14.1. The molecule has 0 saturated heterocycles. The molecule has 0 aliphatic carbocycles. The first-order valence-electron chi connectivity index (χ1n) is 8.57. The monoisotopic (exact) mass is 467 g/mol. The number of non-ortho nitro benzene ring substituents is 1. The molecule has 0 aliphatic rings. The summed E-state index contributed by atoms with van der Waals surface area (Å²) < 4.78 is 25.6. The van der Waals surface area contributed by atoms with Crippen molar-refractivity contribution in [3.8, 4) is 0 Å². The maximum atomic E-state index is 12.8. The SMILES string of the molecule is Cc1c(Cc2c(Cl)cccc2Cl)nc(S(=O)(=O)Cc2ccc([N+](=O)[O-])cc2)[nH]c1=O. The van der Waals surface area contributed by atoms with Gasteiger partial charge in [-0.3, -0.25) is 19.9 Å². The van der Waals surface area contributed by atoms with Gasteiger partial charge in [-0.1, -0.05) is 41.4 Å². The number of rotatable bonds is 6. The highest BCUT2D eigenvalue weighted by Gasteiger charge is 2.22. The second-order valence-electron chi connectivity index (χ2n) is 6.50. The molecule has 1 aromatic heterocycles. The number of hydrogen-bond acceptors (Lipinski definition) is 6. The third kappa shape index (κ3) is 4.69. The van der Waals surface area contributed by atoms with Gasteiger partial charge in [-0.05, 0) is 30.2 Å². The fourth-order valence-electron chi connectivity index (χ4n) is 2.75. The highest BCUT2D eigenvalue weighted by Crippen LogP contribution is 2.27. The van der Waals surface area contributed by atoms with Crippen LogP contribution in [0.25, 0.3) is 0 Å². The van der Waals surface area contributed by atoms with E-state index in [1.807, 2.05) is 0 Å². The lowest BCUT2D eigenvalue weighted by Crippen LogP contribution is -2.21. The molecule has 30 heavy (non-hydrogen) atoms. The van der Waals surface area contributed by atoms with E-state index in [1.54, 1.807) is 18.2 Å². The van der Waals surface area contributed by atoms with E-state index < -0.39 is 31.2 Å². The fourth-order valence-corrected chi connectivity index (χ4v) is 4.54. The Morgan fingerprint density at radius 3 is 2.27 bits per heavy atom. The van der Waals surface area contributed by atoms with Gasteiger partial charge in [-0.15, -0.1) is 0 Å². The largest absolute Gasteiger partial charge is 0.297 e. The summed E-state index contributed by atoms with van der Waals surface area (Å²) in [6, 6.07) is 10.0. The van der Waals surface area contributed by atoms with Gasteiger partial charge in [0, 0.05) is 34.2 Å². The molecule has 0 radical (unpaired) electrons. The van der Waals surface area contributed by atoms with E-state index >= 15 is 0 Å². The van der Waals surface area contributed by atoms with Gasteiger partial charge >= 0.3 is 0 Å². The van der Waals surface area contributed by atoms with E-state index in [4.69, 9.17) is 23.2 Å². The van der Waals surface area contributed by atoms with Crippen molar-refractivity contribution in [1.82, 2.24) is 9.97 Å². The van der Waals surface area contributed by atoms with Crippen LogP contribution < -0.4 is 5.56 Å². The van der Waals surface area contributed by atoms with E-state index in [-0.39, 0.29) is 23.4 Å². The molecular weight excluding hydrogens is 453 g/mol. The lowest BCUT2D eigenvalue weighted by Gasteiger charge is -2.11. The van der Waals surface area contributed by atoms with Crippen LogP contribution in [0.1, 0.15) is 22.4 Å². The number of nitro benzene ring substituents is 1. The summed E-state index contributed by atoms with van der Waals surface area (Å²) in [5, 5.41) is 11.0. The zero-order valence-electron chi connectivity index (χ0n) is 15.6. The number of sulfone groups is 1. The van der Waals surface area contributed by atoms with Gasteiger partial charge in [0.1, 0.15) is 0 Å². The van der Waals surface area contributed by atoms with Crippen molar-refractivity contribution in [2.75, 3.05) is 0 Å². The second kappa shape index (κ2) is 8.55. The number of halogens is 2. The number of hydrogen-bond donors (Lipinski definition) is 1. The van der Waals surface area contributed by atoms with Crippen molar-refractivity contribution in [3.63, 3.8) is 0 Å². The number of nitro groups is 1. The normalized spacial score (nSPS) is 11.4. The number of H-pyrrole nitrogens is 1. The van der Waals surface area contributed by atoms with Crippen LogP contribution in [0.2, 0.25) is 10.0 Å². The van der Waals surface area contributed by atoms with Crippen molar-refractivity contribution >= 4 is 38.7 Å². The van der Waals surface area contributed by atoms with Gasteiger partial charge in [-0.25, -0.2) is 13.4 Å². The van der Waals surface area contributed by atoms with E-state index in [9.17, 15) is 23.3 Å². The summed E-state index contributed by atoms with van der Waals surface area (Å²) in [6.45, 7) is 1.53. The Bertz CT molecular complexity index is 1270. The van der Waals surface area contributed by atoms with Crippen LogP contribution in [0.15, 0.2) is 52.4 Å². The summed E-state index contributed by atoms with van der Waals surface area (Å²) in [4.78, 5) is 28.9. The Morgan fingerprint density at radius 1 is 1.10 bits per heavy atom. The molecule has 1 heterocycles. The third-order valence-corrected chi connectivity index (χ3v) is 6.64. The summed E-state index contributed by atoms with van der Waals surface area (Å²) in [6.07, 6.45) is 0.0777. The first kappa shape index (κ1) is 21.9. The van der Waals surface area contributed by atoms with E-state index in [0.29, 0.717) is 21.2 Å². The van der Waals surface area contributed by atoms with Crippen molar-refractivity contribution < 1.29 is 13.3 Å². The van der Waals surface area contributed by atoms with Gasteiger partial charge in [0.2, 0.25) is 15.0 Å². The van der Waals surface area contributed by atoms with Crippen molar-refractivity contribution in [2.45, 2.75) is 24.3 Å². The average Bonchev–Trinajstić information content (AvgIpc) is 2.68. The molecule has 11 heteroatoms. The van der Waals surface area contributed by atoms with Crippen LogP contribution in [0.4, 0.5) is 5.69 Å². The molecule has 3 rings (SSSR count). The quantitative estimate of drug-likeness (QED) is 0.333. The Kier molecular flexibility index (Phi) is 6.25. The zero-order valence-corrected chi connectivity index (χ0v) is 17.9. The van der Waals surface area contributed by atoms with Crippen molar-refractivity contribution in [3.05, 3.63) is 95.4 Å². The Balaban J connectivity index is 1.97. The van der Waals surface area contributed by atoms with Gasteiger partial charge in [0.15, 0.2) is 0 Å². The van der Waals surface area contributed by atoms with Gasteiger partial charge < -0.3 is 0 Å². The number of aromatic nitrogens is 2. The van der Waals surface area contributed by atoms with Crippen LogP contribution in [-0.4, -0.2) is 23.3 Å². The van der Waals surface area contributed by atoms with E-state index in [1.165, 1.54) is 31.2 Å². The molecule has 156 valence electrons. The summed E-state index contributed by atoms with van der Waals surface area (Å²) >= 11 is 12.4. The molecule has 0 bridgehead atoms. The minimum absolute atomic E-state index is 0.0777. The number of nitrogens with one attached hydrogen (secondary N) is 1. The van der Waals surface area contributed by atoms with E-state index in [2.05, 4.69) is 9.97 Å². The molecular formula is C19H15Cl2N3O5S. The number of nitrogens with zero attached hydrogens (tertiary/aromatic N) is 2. The Hall–Kier alpha value is -2.75. The zero-order chi connectivity index (χ0) is 22.1. The third-order valence-electron chi connectivity index (χ3n) is 4.43. The smallest absolute Gasteiger partial charge is 0.269 e. The average molecular weight is 468 g/mol. The number of aromatic amines is 1. The molecule has 3 aromatic rings. The molecule has 0 unspecified atom stereocenters. The minimum Gasteiger partial charge on any atom is -0.297 e. The molecule has 0 spiro atoms. The lowest BCUT2D eigenvalue weighted by atomic mass is 10.1. The highest BCUT2D eigenvalue weighted by atomic mass is 35.5. The Morgan fingerprint density at radius 2 is 1.70 bits per heavy atom. The van der Waals surface area contributed by atoms with E-state index in [0.717, 1.165) is 0 Å². The fraction of sp³-hybridized carbons (Fsp3) is 0.158. The number of benzene rings is 2. The van der Waals surface area contributed by atoms with Crippen LogP contribution in [-0.2, 0) is 22.0 Å². The topological polar surface area (TPSA) is 123 Å². The predicted molar refractivity (Wildman–Crippen MR) is 113 cm³/mol. The standard InChI is InChI=1S/C19H15Cl2N3O5S/c1-11-17(9-14-15(20)3-2-4-16(14)21)22-19(23-18(11)25)30(28,29)10-12-5-7-13(8-6-12)24(26)27/h2-8H,9-10H2,1H3,(H,22,23,25). The molecule has 0 atom stereocenters. The Labute approximate surface area is 181 Å². The maximum absolute atomic E-state index is 12.8. The van der Waals surface area contributed by atoms with Crippen molar-refractivity contribution in [2.24, 2.45) is 0 Å². The van der Waals surface area contributed by atoms with Crippen LogP contribution >= 0.6 is 23.2 Å². The molecule has 2 aromatic carbocycles. The highest BCUT2D eigenvalue weighted by molar-refractivity contribution is 7.90. The summed E-state index contributed by atoms with van der Waals surface area (Å²) in [5.41, 5.74) is 0.582. The van der Waals surface area contributed by atoms with Crippen LogP contribution in [0.5, 0.6) is 0 Å². The van der Waals surface area contributed by atoms with Crippen molar-refractivity contribution in [1.29, 1.82) is 0 Å². The van der Waals surface area contributed by atoms with Crippen LogP contribution in [0.3, 0.4) is 0 Å². The minimum atomic E-state index is -4.02. The van der Waals surface area contributed by atoms with Gasteiger partial charge in [0.05, 0.1) is 16.4 Å². The lowest BCUT2D eigenvalue weighted by molar-refractivity contribution is -0.384. The molecule has 0 saturated carbocycles. The first-order valence-corrected chi connectivity index (χ1v) is 11.0. The maximum Gasteiger partial charge on any atom is 0.269 e.